The van der Waals surface area contributed by atoms with Gasteiger partial charge in [-0.1, -0.05) is 27.7 Å². The molecule has 1 rings (SSSR count). The van der Waals surface area contributed by atoms with Crippen LogP contribution in [-0.4, -0.2) is 6.54 Å². The van der Waals surface area contributed by atoms with Crippen LogP contribution in [0, 0.1) is 23.2 Å². The van der Waals surface area contributed by atoms with E-state index in [1.807, 2.05) is 0 Å². The molecule has 0 aromatic heterocycles. The number of rotatable bonds is 3. The van der Waals surface area contributed by atoms with E-state index in [9.17, 15) is 0 Å². The van der Waals surface area contributed by atoms with Crippen molar-refractivity contribution in [2.75, 3.05) is 6.54 Å². The Morgan fingerprint density at radius 2 is 1.64 bits per heavy atom. The summed E-state index contributed by atoms with van der Waals surface area (Å²) in [5.41, 5.74) is 6.33. The van der Waals surface area contributed by atoms with Gasteiger partial charge < -0.3 is 5.73 Å². The molecule has 0 bridgehead atoms. The fourth-order valence-electron chi connectivity index (χ4n) is 3.12. The lowest BCUT2D eigenvalue weighted by molar-refractivity contribution is 0.0886. The van der Waals surface area contributed by atoms with Crippen LogP contribution in [0.4, 0.5) is 0 Å². The molecule has 0 aromatic carbocycles. The maximum absolute atomic E-state index is 5.94. The fourth-order valence-corrected chi connectivity index (χ4v) is 3.12. The van der Waals surface area contributed by atoms with Gasteiger partial charge in [0.25, 0.3) is 0 Å². The van der Waals surface area contributed by atoms with Crippen molar-refractivity contribution in [3.05, 3.63) is 0 Å². The van der Waals surface area contributed by atoms with Crippen LogP contribution in [0.5, 0.6) is 0 Å². The second-order valence-electron chi connectivity index (χ2n) is 5.83. The molecule has 0 saturated heterocycles. The standard InChI is InChI=1S/C13H27N/c1-5-13(4,9-14)12-7-10(2)6-11(3)8-12/h10-12H,5-9,14H2,1-4H3. The summed E-state index contributed by atoms with van der Waals surface area (Å²) >= 11 is 0. The summed E-state index contributed by atoms with van der Waals surface area (Å²) in [6.07, 6.45) is 5.44. The lowest BCUT2D eigenvalue weighted by Gasteiger charge is -2.42. The molecule has 1 fully saturated rings. The van der Waals surface area contributed by atoms with Gasteiger partial charge in [0.2, 0.25) is 0 Å². The van der Waals surface area contributed by atoms with Crippen molar-refractivity contribution >= 4 is 0 Å². The topological polar surface area (TPSA) is 26.0 Å². The fraction of sp³-hybridized carbons (Fsp3) is 1.00. The molecule has 1 aliphatic carbocycles. The Balaban J connectivity index is 2.66. The summed E-state index contributed by atoms with van der Waals surface area (Å²) in [5.74, 6) is 2.67. The zero-order valence-electron chi connectivity index (χ0n) is 10.3. The Morgan fingerprint density at radius 1 is 1.14 bits per heavy atom. The van der Waals surface area contributed by atoms with Gasteiger partial charge in [0.1, 0.15) is 0 Å². The van der Waals surface area contributed by atoms with Gasteiger partial charge in [-0.2, -0.15) is 0 Å². The molecule has 1 nitrogen and oxygen atoms in total. The maximum Gasteiger partial charge on any atom is -0.00206 e. The molecule has 0 aliphatic heterocycles. The van der Waals surface area contributed by atoms with E-state index in [0.29, 0.717) is 5.41 Å². The Labute approximate surface area is 89.5 Å². The molecule has 2 N–H and O–H groups in total. The summed E-state index contributed by atoms with van der Waals surface area (Å²) in [4.78, 5) is 0. The van der Waals surface area contributed by atoms with E-state index in [1.165, 1.54) is 25.7 Å². The molecule has 84 valence electrons. The first-order valence-electron chi connectivity index (χ1n) is 6.22. The molecule has 1 heteroatoms. The molecule has 0 spiro atoms. The van der Waals surface area contributed by atoms with Crippen LogP contribution in [0.25, 0.3) is 0 Å². The molecule has 3 unspecified atom stereocenters. The predicted molar refractivity (Wildman–Crippen MR) is 63.1 cm³/mol. The Hall–Kier alpha value is -0.0400. The van der Waals surface area contributed by atoms with Crippen molar-refractivity contribution in [3.8, 4) is 0 Å². The second-order valence-corrected chi connectivity index (χ2v) is 5.83. The molecule has 0 aromatic rings. The Morgan fingerprint density at radius 3 is 2.00 bits per heavy atom. The lowest BCUT2D eigenvalue weighted by atomic mass is 9.64. The molecule has 0 heterocycles. The highest BCUT2D eigenvalue weighted by atomic mass is 14.6. The van der Waals surface area contributed by atoms with Crippen LogP contribution in [0.3, 0.4) is 0 Å². The molecule has 0 amide bonds. The second kappa shape index (κ2) is 4.65. The first-order chi connectivity index (χ1) is 6.51. The van der Waals surface area contributed by atoms with Crippen molar-refractivity contribution in [1.29, 1.82) is 0 Å². The summed E-state index contributed by atoms with van der Waals surface area (Å²) in [7, 11) is 0. The van der Waals surface area contributed by atoms with E-state index in [-0.39, 0.29) is 0 Å². The van der Waals surface area contributed by atoms with Crippen LogP contribution in [0.2, 0.25) is 0 Å². The largest absolute Gasteiger partial charge is 0.330 e. The van der Waals surface area contributed by atoms with E-state index >= 15 is 0 Å². The molecule has 0 radical (unpaired) electrons. The van der Waals surface area contributed by atoms with Gasteiger partial charge >= 0.3 is 0 Å². The van der Waals surface area contributed by atoms with Gasteiger partial charge in [-0.15, -0.1) is 0 Å². The monoisotopic (exact) mass is 197 g/mol. The smallest absolute Gasteiger partial charge is 0.00206 e. The van der Waals surface area contributed by atoms with Crippen LogP contribution in [0.1, 0.15) is 53.4 Å². The summed E-state index contributed by atoms with van der Waals surface area (Å²) < 4.78 is 0. The minimum Gasteiger partial charge on any atom is -0.330 e. The predicted octanol–water partition coefficient (Wildman–Crippen LogP) is 3.43. The normalized spacial score (nSPS) is 37.9. The van der Waals surface area contributed by atoms with E-state index in [0.717, 1.165) is 24.3 Å². The van der Waals surface area contributed by atoms with Crippen molar-refractivity contribution in [2.24, 2.45) is 28.9 Å². The van der Waals surface area contributed by atoms with Gasteiger partial charge in [0, 0.05) is 0 Å². The average Bonchev–Trinajstić information content (AvgIpc) is 2.15. The molecule has 14 heavy (non-hydrogen) atoms. The molecular weight excluding hydrogens is 170 g/mol. The SMILES string of the molecule is CCC(C)(CN)C1CC(C)CC(C)C1. The third-order valence-corrected chi connectivity index (χ3v) is 4.44. The van der Waals surface area contributed by atoms with Gasteiger partial charge in [-0.3, -0.25) is 0 Å². The number of nitrogens with two attached hydrogens (primary N) is 1. The summed E-state index contributed by atoms with van der Waals surface area (Å²) in [6, 6.07) is 0. The third kappa shape index (κ3) is 2.50. The van der Waals surface area contributed by atoms with Gasteiger partial charge in [-0.05, 0) is 55.4 Å². The summed E-state index contributed by atoms with van der Waals surface area (Å²) in [6.45, 7) is 10.3. The van der Waals surface area contributed by atoms with E-state index in [1.54, 1.807) is 0 Å². The highest BCUT2D eigenvalue weighted by Crippen LogP contribution is 2.43. The molecule has 1 saturated carbocycles. The first-order valence-corrected chi connectivity index (χ1v) is 6.22. The van der Waals surface area contributed by atoms with Crippen molar-refractivity contribution in [1.82, 2.24) is 0 Å². The molecule has 1 aliphatic rings. The van der Waals surface area contributed by atoms with Crippen LogP contribution < -0.4 is 5.73 Å². The van der Waals surface area contributed by atoms with Gasteiger partial charge in [0.15, 0.2) is 0 Å². The highest BCUT2D eigenvalue weighted by molar-refractivity contribution is 4.87. The van der Waals surface area contributed by atoms with E-state index in [4.69, 9.17) is 5.73 Å². The summed E-state index contributed by atoms with van der Waals surface area (Å²) in [5, 5.41) is 0. The van der Waals surface area contributed by atoms with E-state index < -0.39 is 0 Å². The molecular formula is C13H27N. The lowest BCUT2D eigenvalue weighted by Crippen LogP contribution is -2.38. The molecule has 3 atom stereocenters. The maximum atomic E-state index is 5.94. The van der Waals surface area contributed by atoms with Crippen molar-refractivity contribution in [2.45, 2.75) is 53.4 Å². The third-order valence-electron chi connectivity index (χ3n) is 4.44. The number of hydrogen-bond acceptors (Lipinski definition) is 1. The minimum absolute atomic E-state index is 0.392. The Kier molecular flexibility index (Phi) is 4.00. The minimum atomic E-state index is 0.392. The van der Waals surface area contributed by atoms with Crippen LogP contribution >= 0.6 is 0 Å². The van der Waals surface area contributed by atoms with Crippen LogP contribution in [-0.2, 0) is 0 Å². The zero-order chi connectivity index (χ0) is 10.8. The first kappa shape index (κ1) is 12.0. The van der Waals surface area contributed by atoms with Gasteiger partial charge in [0.05, 0.1) is 0 Å². The zero-order valence-corrected chi connectivity index (χ0v) is 10.3. The highest BCUT2D eigenvalue weighted by Gasteiger charge is 2.36. The van der Waals surface area contributed by atoms with Crippen molar-refractivity contribution < 1.29 is 0 Å². The van der Waals surface area contributed by atoms with Crippen LogP contribution in [0.15, 0.2) is 0 Å². The average molecular weight is 197 g/mol. The van der Waals surface area contributed by atoms with Gasteiger partial charge in [-0.25, -0.2) is 0 Å². The van der Waals surface area contributed by atoms with E-state index in [2.05, 4.69) is 27.7 Å². The Bertz CT molecular complexity index is 162. The number of hydrogen-bond donors (Lipinski definition) is 1. The van der Waals surface area contributed by atoms with Crippen molar-refractivity contribution in [3.63, 3.8) is 0 Å². The quantitative estimate of drug-likeness (QED) is 0.737.